The minimum absolute atomic E-state index is 0.105. The third kappa shape index (κ3) is 4.99. The number of nitrogens with zero attached hydrogens (tertiary/aromatic N) is 6. The average Bonchev–Trinajstić information content (AvgIpc) is 3.40. The van der Waals surface area contributed by atoms with E-state index in [0.717, 1.165) is 5.56 Å². The summed E-state index contributed by atoms with van der Waals surface area (Å²) in [7, 11) is 3.19. The Kier molecular flexibility index (Phi) is 6.45. The summed E-state index contributed by atoms with van der Waals surface area (Å²) in [5.41, 5.74) is 2.57. The van der Waals surface area contributed by atoms with Gasteiger partial charge >= 0.3 is 6.03 Å². The predicted molar refractivity (Wildman–Crippen MR) is 118 cm³/mol. The summed E-state index contributed by atoms with van der Waals surface area (Å²) in [6, 6.07) is 5.55. The Morgan fingerprint density at radius 1 is 1.32 bits per heavy atom. The Bertz CT molecular complexity index is 1310. The lowest BCUT2D eigenvalue weighted by atomic mass is 10.1. The van der Waals surface area contributed by atoms with E-state index in [9.17, 15) is 14.4 Å². The van der Waals surface area contributed by atoms with Crippen LogP contribution in [0.5, 0.6) is 5.75 Å². The van der Waals surface area contributed by atoms with Crippen LogP contribution in [0.2, 0.25) is 0 Å². The molecule has 34 heavy (non-hydrogen) atoms. The Labute approximate surface area is 194 Å². The summed E-state index contributed by atoms with van der Waals surface area (Å²) >= 11 is 0. The van der Waals surface area contributed by atoms with E-state index < -0.39 is 12.1 Å². The predicted octanol–water partition coefficient (Wildman–Crippen LogP) is 0.112. The van der Waals surface area contributed by atoms with Gasteiger partial charge in [-0.2, -0.15) is 4.80 Å². The Hall–Kier alpha value is -4.79. The van der Waals surface area contributed by atoms with Gasteiger partial charge in [0.15, 0.2) is 0 Å². The first-order valence-electron chi connectivity index (χ1n) is 10.1. The number of aromatic nitrogens is 5. The molecule has 1 aliphatic rings. The van der Waals surface area contributed by atoms with E-state index in [4.69, 9.17) is 4.74 Å². The fourth-order valence-electron chi connectivity index (χ4n) is 3.42. The first-order chi connectivity index (χ1) is 16.5. The number of hydrogen-bond donors (Lipinski definition) is 2. The molecule has 0 unspecified atom stereocenters. The summed E-state index contributed by atoms with van der Waals surface area (Å²) in [4.78, 5) is 42.6. The van der Waals surface area contributed by atoms with Crippen LogP contribution in [0.1, 0.15) is 21.5 Å². The second-order valence-electron chi connectivity index (χ2n) is 7.33. The van der Waals surface area contributed by atoms with Gasteiger partial charge in [0.2, 0.25) is 12.2 Å². The van der Waals surface area contributed by atoms with E-state index >= 15 is 0 Å². The Morgan fingerprint density at radius 2 is 2.18 bits per heavy atom. The fourth-order valence-corrected chi connectivity index (χ4v) is 3.42. The van der Waals surface area contributed by atoms with Gasteiger partial charge in [0.25, 0.3) is 5.91 Å². The van der Waals surface area contributed by atoms with Gasteiger partial charge in [-0.3, -0.25) is 19.9 Å². The van der Waals surface area contributed by atoms with Crippen molar-refractivity contribution >= 4 is 18.3 Å². The SMILES string of the molecule is COc1ccc2c(c1)C(=O)N(C[C@@H](C#Cc1cncc(-c3nnn(C)n3)c1)NC(=O)NC=O)C2. The number of rotatable bonds is 6. The number of pyridine rings is 1. The van der Waals surface area contributed by atoms with Crippen molar-refractivity contribution in [2.75, 3.05) is 13.7 Å². The molecule has 12 nitrogen and oxygen atoms in total. The van der Waals surface area contributed by atoms with E-state index in [0.29, 0.717) is 34.8 Å². The van der Waals surface area contributed by atoms with Gasteiger partial charge in [0.1, 0.15) is 11.8 Å². The monoisotopic (exact) mass is 460 g/mol. The van der Waals surface area contributed by atoms with Crippen molar-refractivity contribution in [2.45, 2.75) is 12.6 Å². The number of nitrogens with one attached hydrogen (secondary N) is 2. The van der Waals surface area contributed by atoms with Crippen molar-refractivity contribution in [2.24, 2.45) is 7.05 Å². The van der Waals surface area contributed by atoms with Crippen LogP contribution in [0.4, 0.5) is 4.79 Å². The van der Waals surface area contributed by atoms with Crippen LogP contribution in [0.3, 0.4) is 0 Å². The number of carbonyl (C=O) groups excluding carboxylic acids is 3. The molecule has 4 rings (SSSR count). The minimum Gasteiger partial charge on any atom is -0.497 e. The van der Waals surface area contributed by atoms with Crippen molar-refractivity contribution in [3.8, 4) is 29.0 Å². The van der Waals surface area contributed by atoms with Crippen molar-refractivity contribution in [1.29, 1.82) is 0 Å². The maximum absolute atomic E-state index is 12.9. The highest BCUT2D eigenvalue weighted by molar-refractivity contribution is 5.98. The topological polar surface area (TPSA) is 144 Å². The lowest BCUT2D eigenvalue weighted by Gasteiger charge is -2.21. The zero-order chi connectivity index (χ0) is 24.1. The number of amides is 4. The fraction of sp³-hybridized carbons (Fsp3) is 0.227. The van der Waals surface area contributed by atoms with E-state index in [1.54, 1.807) is 42.5 Å². The molecule has 1 aromatic carbocycles. The molecular weight excluding hydrogens is 440 g/mol. The highest BCUT2D eigenvalue weighted by Crippen LogP contribution is 2.26. The number of aryl methyl sites for hydroxylation is 1. The lowest BCUT2D eigenvalue weighted by molar-refractivity contribution is -0.108. The van der Waals surface area contributed by atoms with Gasteiger partial charge in [-0.05, 0) is 29.0 Å². The molecule has 0 bridgehead atoms. The first-order valence-corrected chi connectivity index (χ1v) is 10.1. The maximum Gasteiger partial charge on any atom is 0.322 e. The van der Waals surface area contributed by atoms with Gasteiger partial charge in [-0.1, -0.05) is 17.9 Å². The number of hydrogen-bond acceptors (Lipinski definition) is 8. The summed E-state index contributed by atoms with van der Waals surface area (Å²) in [6.45, 7) is 0.469. The number of fused-ring (bicyclic) bond motifs is 1. The van der Waals surface area contributed by atoms with E-state index in [-0.39, 0.29) is 18.9 Å². The average molecular weight is 460 g/mol. The molecule has 1 aliphatic heterocycles. The van der Waals surface area contributed by atoms with Crippen LogP contribution in [0.25, 0.3) is 11.4 Å². The highest BCUT2D eigenvalue weighted by atomic mass is 16.5. The first kappa shape index (κ1) is 22.4. The second kappa shape index (κ2) is 9.78. The van der Waals surface area contributed by atoms with Gasteiger partial charge in [-0.15, -0.1) is 10.2 Å². The molecule has 0 aliphatic carbocycles. The molecule has 2 aromatic heterocycles. The van der Waals surface area contributed by atoms with Crippen LogP contribution in [-0.4, -0.2) is 68.1 Å². The summed E-state index contributed by atoms with van der Waals surface area (Å²) < 4.78 is 5.20. The Morgan fingerprint density at radius 3 is 2.91 bits per heavy atom. The molecule has 1 atom stereocenters. The van der Waals surface area contributed by atoms with Crippen molar-refractivity contribution < 1.29 is 19.1 Å². The summed E-state index contributed by atoms with van der Waals surface area (Å²) in [6.07, 6.45) is 3.41. The number of tetrazole rings is 1. The normalized spacial score (nSPS) is 12.9. The quantitative estimate of drug-likeness (QED) is 0.390. The molecule has 0 saturated heterocycles. The molecular formula is C22H20N8O4. The molecule has 0 spiro atoms. The summed E-state index contributed by atoms with van der Waals surface area (Å²) in [5.74, 6) is 6.68. The number of benzene rings is 1. The molecule has 3 aromatic rings. The number of urea groups is 1. The number of ether oxygens (including phenoxy) is 1. The summed E-state index contributed by atoms with van der Waals surface area (Å²) in [5, 5.41) is 16.5. The molecule has 3 heterocycles. The molecule has 0 fully saturated rings. The maximum atomic E-state index is 12.9. The van der Waals surface area contributed by atoms with Crippen LogP contribution in [0, 0.1) is 11.8 Å². The number of carbonyl (C=O) groups is 3. The number of imide groups is 1. The van der Waals surface area contributed by atoms with Gasteiger partial charge in [-0.25, -0.2) is 4.79 Å². The van der Waals surface area contributed by atoms with E-state index in [1.165, 1.54) is 11.9 Å². The Balaban J connectivity index is 1.55. The third-order valence-electron chi connectivity index (χ3n) is 4.99. The second-order valence-corrected chi connectivity index (χ2v) is 7.33. The van der Waals surface area contributed by atoms with Crippen molar-refractivity contribution in [1.82, 2.24) is 40.7 Å². The van der Waals surface area contributed by atoms with E-state index in [2.05, 4.69) is 37.6 Å². The van der Waals surface area contributed by atoms with Crippen LogP contribution in [-0.2, 0) is 18.4 Å². The van der Waals surface area contributed by atoms with Crippen LogP contribution >= 0.6 is 0 Å². The van der Waals surface area contributed by atoms with Gasteiger partial charge in [0.05, 0.1) is 20.7 Å². The zero-order valence-electron chi connectivity index (χ0n) is 18.3. The highest BCUT2D eigenvalue weighted by Gasteiger charge is 2.29. The molecule has 0 saturated carbocycles. The number of methoxy groups -OCH3 is 1. The molecule has 2 N–H and O–H groups in total. The van der Waals surface area contributed by atoms with Gasteiger partial charge < -0.3 is 15.0 Å². The van der Waals surface area contributed by atoms with Gasteiger partial charge in [0, 0.05) is 35.6 Å². The van der Waals surface area contributed by atoms with Crippen LogP contribution in [0.15, 0.2) is 36.7 Å². The standard InChI is InChI=1S/C22H20N8O4/c1-29-27-20(26-28-29)16-7-14(9-23-10-16)3-5-17(25-22(33)24-13-31)12-30-11-15-4-6-18(34-2)8-19(15)21(30)32/h4,6-10,13,17H,11-12H2,1-2H3,(H2,24,25,31,33)/t17-/m1/s1. The third-order valence-corrected chi connectivity index (χ3v) is 4.99. The van der Waals surface area contributed by atoms with Crippen molar-refractivity contribution in [3.63, 3.8) is 0 Å². The molecule has 0 radical (unpaired) electrons. The molecule has 4 amide bonds. The largest absolute Gasteiger partial charge is 0.497 e. The smallest absolute Gasteiger partial charge is 0.322 e. The van der Waals surface area contributed by atoms with E-state index in [1.807, 2.05) is 11.4 Å². The molecule has 12 heteroatoms. The van der Waals surface area contributed by atoms with Crippen molar-refractivity contribution in [3.05, 3.63) is 53.3 Å². The minimum atomic E-state index is -0.765. The lowest BCUT2D eigenvalue weighted by Crippen LogP contribution is -2.46. The zero-order valence-corrected chi connectivity index (χ0v) is 18.3. The van der Waals surface area contributed by atoms with Crippen LogP contribution < -0.4 is 15.4 Å². The molecule has 172 valence electrons.